The van der Waals surface area contributed by atoms with E-state index in [0.717, 1.165) is 12.1 Å². The average molecular weight is 402 g/mol. The second-order valence-electron chi connectivity index (χ2n) is 6.00. The number of hydrogen-bond donors (Lipinski definition) is 2. The van der Waals surface area contributed by atoms with Gasteiger partial charge in [0.1, 0.15) is 18.0 Å². The van der Waals surface area contributed by atoms with E-state index < -0.39 is 35.0 Å². The third-order valence-electron chi connectivity index (χ3n) is 4.18. The van der Waals surface area contributed by atoms with Crippen LogP contribution in [-0.2, 0) is 0 Å². The first-order valence-corrected chi connectivity index (χ1v) is 8.53. The molecule has 0 aliphatic carbocycles. The van der Waals surface area contributed by atoms with E-state index in [2.05, 4.69) is 9.97 Å². The van der Waals surface area contributed by atoms with Crippen molar-refractivity contribution < 1.29 is 18.7 Å². The predicted octanol–water partition coefficient (Wildman–Crippen LogP) is 4.01. The van der Waals surface area contributed by atoms with Crippen LogP contribution < -0.4 is 0 Å². The first kappa shape index (κ1) is 19.7. The second kappa shape index (κ2) is 8.33. The van der Waals surface area contributed by atoms with Crippen molar-refractivity contribution in [3.8, 4) is 0 Å². The summed E-state index contributed by atoms with van der Waals surface area (Å²) in [4.78, 5) is 20.6. The van der Waals surface area contributed by atoms with Crippen molar-refractivity contribution in [2.75, 3.05) is 0 Å². The summed E-state index contributed by atoms with van der Waals surface area (Å²) in [6.45, 7) is 0. The molecule has 3 rings (SSSR count). The van der Waals surface area contributed by atoms with Gasteiger partial charge in [-0.1, -0.05) is 23.7 Å². The van der Waals surface area contributed by atoms with Gasteiger partial charge >= 0.3 is 0 Å². The number of nitrogens with zero attached hydrogens (tertiary/aromatic N) is 2. The highest BCUT2D eigenvalue weighted by atomic mass is 35.5. The molecule has 0 aliphatic heterocycles. The van der Waals surface area contributed by atoms with Crippen molar-refractivity contribution in [2.45, 2.75) is 6.10 Å². The molecular weight excluding hydrogens is 388 g/mol. The summed E-state index contributed by atoms with van der Waals surface area (Å²) >= 11 is 5.86. The molecule has 2 unspecified atom stereocenters. The molecule has 3 aromatic rings. The van der Waals surface area contributed by atoms with Crippen LogP contribution in [0.3, 0.4) is 0 Å². The lowest BCUT2D eigenvalue weighted by Crippen LogP contribution is -2.31. The fourth-order valence-corrected chi connectivity index (χ4v) is 2.88. The van der Waals surface area contributed by atoms with Crippen LogP contribution in [-0.4, -0.2) is 26.6 Å². The van der Waals surface area contributed by atoms with Crippen LogP contribution in [0.2, 0.25) is 5.02 Å². The molecule has 0 fully saturated rings. The molecule has 0 saturated heterocycles. The summed E-state index contributed by atoms with van der Waals surface area (Å²) in [6.07, 6.45) is 2.33. The summed E-state index contributed by atoms with van der Waals surface area (Å²) in [6, 6.07) is 8.60. The number of aromatic nitrogens is 2. The first-order chi connectivity index (χ1) is 13.4. The molecule has 1 heterocycles. The molecule has 0 spiro atoms. The molecule has 2 aromatic carbocycles. The Balaban J connectivity index is 2.06. The molecule has 5 nitrogen and oxygen atoms in total. The number of aliphatic hydroxyl groups excluding tert-OH is 1. The summed E-state index contributed by atoms with van der Waals surface area (Å²) in [5.41, 5.74) is -0.175. The van der Waals surface area contributed by atoms with Crippen LogP contribution >= 0.6 is 11.6 Å². The van der Waals surface area contributed by atoms with Gasteiger partial charge in [-0.15, -0.1) is 0 Å². The van der Waals surface area contributed by atoms with Gasteiger partial charge in [-0.05, 0) is 29.8 Å². The van der Waals surface area contributed by atoms with E-state index in [4.69, 9.17) is 17.0 Å². The Hall–Kier alpha value is -3.03. The summed E-state index contributed by atoms with van der Waals surface area (Å²) < 4.78 is 27.4. The highest BCUT2D eigenvalue weighted by molar-refractivity contribution is 6.30. The number of carbonyl (C=O) groups excluding carboxylic acids is 1. The monoisotopic (exact) mass is 401 g/mol. The SMILES string of the molecule is N=C(c1ccc(Cl)cc1)C(C(=O)c1ccc(F)cc1F)C(O)c1cncnc1. The number of ketones is 1. The Morgan fingerprint density at radius 3 is 2.32 bits per heavy atom. The van der Waals surface area contributed by atoms with E-state index in [1.165, 1.54) is 43.0 Å². The maximum absolute atomic E-state index is 14.2. The van der Waals surface area contributed by atoms with Crippen LogP contribution in [0.1, 0.15) is 27.6 Å². The molecule has 142 valence electrons. The number of carbonyl (C=O) groups is 1. The van der Waals surface area contributed by atoms with Crippen molar-refractivity contribution in [1.29, 1.82) is 5.41 Å². The number of nitrogens with one attached hydrogen (secondary N) is 1. The molecule has 2 N–H and O–H groups in total. The lowest BCUT2D eigenvalue weighted by Gasteiger charge is -2.23. The minimum Gasteiger partial charge on any atom is -0.387 e. The second-order valence-corrected chi connectivity index (χ2v) is 6.44. The van der Waals surface area contributed by atoms with Gasteiger partial charge in [0, 0.05) is 29.0 Å². The Morgan fingerprint density at radius 1 is 1.07 bits per heavy atom. The lowest BCUT2D eigenvalue weighted by molar-refractivity contribution is 0.0788. The number of Topliss-reactive ketones (excluding diaryl/α,β-unsaturated/α-hetero) is 1. The number of rotatable bonds is 6. The number of halogens is 3. The highest BCUT2D eigenvalue weighted by Gasteiger charge is 2.35. The van der Waals surface area contributed by atoms with E-state index >= 15 is 0 Å². The highest BCUT2D eigenvalue weighted by Crippen LogP contribution is 2.29. The maximum Gasteiger partial charge on any atom is 0.177 e. The molecule has 0 amide bonds. The maximum atomic E-state index is 14.2. The van der Waals surface area contributed by atoms with Gasteiger partial charge in [0.25, 0.3) is 0 Å². The first-order valence-electron chi connectivity index (χ1n) is 8.15. The van der Waals surface area contributed by atoms with Crippen LogP contribution in [0.25, 0.3) is 0 Å². The van der Waals surface area contributed by atoms with Gasteiger partial charge in [0.15, 0.2) is 5.78 Å². The molecule has 1 aromatic heterocycles. The van der Waals surface area contributed by atoms with Crippen molar-refractivity contribution in [3.05, 3.63) is 94.5 Å². The quantitative estimate of drug-likeness (QED) is 0.482. The molecule has 0 bridgehead atoms. The topological polar surface area (TPSA) is 86.9 Å². The van der Waals surface area contributed by atoms with Gasteiger partial charge in [0.2, 0.25) is 0 Å². The summed E-state index contributed by atoms with van der Waals surface area (Å²) in [5.74, 6) is -4.24. The van der Waals surface area contributed by atoms with E-state index in [0.29, 0.717) is 16.7 Å². The van der Waals surface area contributed by atoms with E-state index in [1.54, 1.807) is 0 Å². The summed E-state index contributed by atoms with van der Waals surface area (Å²) in [7, 11) is 0. The fraction of sp³-hybridized carbons (Fsp3) is 0.100. The molecular formula is C20H14ClF2N3O2. The zero-order chi connectivity index (χ0) is 20.3. The van der Waals surface area contributed by atoms with Crippen molar-refractivity contribution in [2.24, 2.45) is 5.92 Å². The van der Waals surface area contributed by atoms with Gasteiger partial charge in [-0.25, -0.2) is 18.7 Å². The third kappa shape index (κ3) is 4.11. The van der Waals surface area contributed by atoms with Crippen molar-refractivity contribution >= 4 is 23.1 Å². The zero-order valence-electron chi connectivity index (χ0n) is 14.3. The molecule has 28 heavy (non-hydrogen) atoms. The minimum absolute atomic E-state index is 0.182. The van der Waals surface area contributed by atoms with Gasteiger partial charge in [-0.3, -0.25) is 4.79 Å². The third-order valence-corrected chi connectivity index (χ3v) is 4.44. The minimum atomic E-state index is -1.51. The van der Waals surface area contributed by atoms with E-state index in [-0.39, 0.29) is 11.3 Å². The fourth-order valence-electron chi connectivity index (χ4n) is 2.75. The average Bonchev–Trinajstić information content (AvgIpc) is 2.69. The lowest BCUT2D eigenvalue weighted by atomic mass is 9.83. The Kier molecular flexibility index (Phi) is 5.87. The molecule has 0 radical (unpaired) electrons. The summed E-state index contributed by atoms with van der Waals surface area (Å²) in [5, 5.41) is 19.7. The number of benzene rings is 2. The van der Waals surface area contributed by atoms with Gasteiger partial charge in [-0.2, -0.15) is 0 Å². The van der Waals surface area contributed by atoms with Gasteiger partial charge in [0.05, 0.1) is 23.3 Å². The van der Waals surface area contributed by atoms with Crippen LogP contribution in [0.4, 0.5) is 8.78 Å². The molecule has 2 atom stereocenters. The number of hydrogen-bond acceptors (Lipinski definition) is 5. The normalized spacial score (nSPS) is 13.0. The van der Waals surface area contributed by atoms with Crippen molar-refractivity contribution in [1.82, 2.24) is 9.97 Å². The predicted molar refractivity (Wildman–Crippen MR) is 99.5 cm³/mol. The number of aliphatic hydroxyl groups is 1. The Labute approximate surface area is 164 Å². The van der Waals surface area contributed by atoms with Crippen LogP contribution in [0.5, 0.6) is 0 Å². The largest absolute Gasteiger partial charge is 0.387 e. The molecule has 8 heteroatoms. The molecule has 0 saturated carbocycles. The van der Waals surface area contributed by atoms with E-state index in [1.807, 2.05) is 0 Å². The standard InChI is InChI=1S/C20H14ClF2N3O2/c21-13-3-1-11(2-4-13)18(24)17(19(27)12-8-25-10-26-9-12)20(28)15-6-5-14(22)7-16(15)23/h1-10,17,19,24,27H. The molecule has 0 aliphatic rings. The van der Waals surface area contributed by atoms with Crippen LogP contribution in [0, 0.1) is 23.0 Å². The van der Waals surface area contributed by atoms with Crippen LogP contribution in [0.15, 0.2) is 61.2 Å². The smallest absolute Gasteiger partial charge is 0.177 e. The Morgan fingerprint density at radius 2 is 1.71 bits per heavy atom. The van der Waals surface area contributed by atoms with E-state index in [9.17, 15) is 18.7 Å². The Bertz CT molecular complexity index is 1010. The van der Waals surface area contributed by atoms with Gasteiger partial charge < -0.3 is 10.5 Å². The zero-order valence-corrected chi connectivity index (χ0v) is 15.1. The van der Waals surface area contributed by atoms with Crippen molar-refractivity contribution in [3.63, 3.8) is 0 Å².